The zero-order valence-corrected chi connectivity index (χ0v) is 14.4. The zero-order valence-electron chi connectivity index (χ0n) is 14.4. The molecule has 3 rings (SSSR count). The highest BCUT2D eigenvalue weighted by Gasteiger charge is 2.19. The van der Waals surface area contributed by atoms with Crippen LogP contribution in [0.1, 0.15) is 42.5 Å². The Labute approximate surface area is 145 Å². The van der Waals surface area contributed by atoms with Crippen molar-refractivity contribution in [3.63, 3.8) is 0 Å². The van der Waals surface area contributed by atoms with E-state index in [2.05, 4.69) is 20.7 Å². The highest BCUT2D eigenvalue weighted by atomic mass is 16.7. The molecule has 0 radical (unpaired) electrons. The highest BCUT2D eigenvalue weighted by Crippen LogP contribution is 2.32. The summed E-state index contributed by atoms with van der Waals surface area (Å²) in [7, 11) is 0. The Hall–Kier alpha value is -3.09. The van der Waals surface area contributed by atoms with E-state index >= 15 is 0 Å². The third-order valence-corrected chi connectivity index (χ3v) is 3.63. The second kappa shape index (κ2) is 6.80. The van der Waals surface area contributed by atoms with Gasteiger partial charge < -0.3 is 9.47 Å². The Morgan fingerprint density at radius 2 is 2.08 bits per heavy atom. The van der Waals surface area contributed by atoms with Gasteiger partial charge in [-0.1, -0.05) is 32.9 Å². The van der Waals surface area contributed by atoms with Gasteiger partial charge in [0.1, 0.15) is 0 Å². The molecule has 0 saturated carbocycles. The van der Waals surface area contributed by atoms with Crippen LogP contribution in [-0.2, 0) is 5.41 Å². The van der Waals surface area contributed by atoms with E-state index in [0.29, 0.717) is 5.69 Å². The molecule has 2 heterocycles. The number of aromatic nitrogens is 2. The lowest BCUT2D eigenvalue weighted by atomic mass is 9.92. The Kier molecular flexibility index (Phi) is 4.56. The average molecular weight is 340 g/mol. The number of allylic oxidation sites excluding steroid dienone is 1. The van der Waals surface area contributed by atoms with Crippen LogP contribution in [0.2, 0.25) is 0 Å². The van der Waals surface area contributed by atoms with Crippen LogP contribution in [0.25, 0.3) is 6.08 Å². The first kappa shape index (κ1) is 16.8. The Bertz CT molecular complexity index is 831. The fraction of sp³-hybridized carbons (Fsp3) is 0.278. The topological polar surface area (TPSA) is 88.6 Å². The first-order chi connectivity index (χ1) is 11.9. The molecule has 0 spiro atoms. The van der Waals surface area contributed by atoms with Crippen molar-refractivity contribution in [1.82, 2.24) is 15.6 Å². The van der Waals surface area contributed by atoms with Gasteiger partial charge in [-0.2, -0.15) is 10.2 Å². The summed E-state index contributed by atoms with van der Waals surface area (Å²) in [6, 6.07) is 7.37. The van der Waals surface area contributed by atoms with Gasteiger partial charge in [0.2, 0.25) is 6.79 Å². The van der Waals surface area contributed by atoms with Crippen molar-refractivity contribution in [2.75, 3.05) is 6.79 Å². The van der Waals surface area contributed by atoms with Gasteiger partial charge in [-0.05, 0) is 29.8 Å². The first-order valence-corrected chi connectivity index (χ1v) is 7.89. The van der Waals surface area contributed by atoms with Gasteiger partial charge >= 0.3 is 0 Å². The third kappa shape index (κ3) is 4.06. The second-order valence-electron chi connectivity index (χ2n) is 6.61. The predicted molar refractivity (Wildman–Crippen MR) is 94.8 cm³/mol. The molecule has 0 bridgehead atoms. The van der Waals surface area contributed by atoms with Gasteiger partial charge in [-0.3, -0.25) is 9.89 Å². The van der Waals surface area contributed by atoms with Crippen molar-refractivity contribution >= 4 is 18.2 Å². The Balaban J connectivity index is 1.54. The number of rotatable bonds is 4. The molecule has 0 atom stereocenters. The number of ether oxygens (including phenoxy) is 2. The predicted octanol–water partition coefficient (Wildman–Crippen LogP) is 2.86. The lowest BCUT2D eigenvalue weighted by Crippen LogP contribution is -2.17. The van der Waals surface area contributed by atoms with Gasteiger partial charge in [-0.25, -0.2) is 5.43 Å². The van der Waals surface area contributed by atoms with Crippen molar-refractivity contribution in [3.05, 3.63) is 47.3 Å². The lowest BCUT2D eigenvalue weighted by Gasteiger charge is -2.14. The molecular formula is C18H20N4O3. The number of carbonyl (C=O) groups is 1. The van der Waals surface area contributed by atoms with E-state index in [1.54, 1.807) is 12.1 Å². The van der Waals surface area contributed by atoms with Crippen LogP contribution >= 0.6 is 0 Å². The molecule has 1 aliphatic rings. The number of nitrogens with one attached hydrogen (secondary N) is 2. The second-order valence-corrected chi connectivity index (χ2v) is 6.61. The maximum Gasteiger partial charge on any atom is 0.291 e. The number of hydrazone groups is 1. The van der Waals surface area contributed by atoms with Gasteiger partial charge in [0.25, 0.3) is 5.91 Å². The van der Waals surface area contributed by atoms with Gasteiger partial charge in [0.05, 0.1) is 0 Å². The molecule has 0 saturated heterocycles. The Morgan fingerprint density at radius 1 is 1.28 bits per heavy atom. The number of amides is 1. The van der Waals surface area contributed by atoms with Crippen LogP contribution in [0.4, 0.5) is 0 Å². The largest absolute Gasteiger partial charge is 0.454 e. The molecule has 25 heavy (non-hydrogen) atoms. The molecule has 7 heteroatoms. The number of hydrogen-bond acceptors (Lipinski definition) is 5. The fourth-order valence-corrected chi connectivity index (χ4v) is 2.19. The summed E-state index contributed by atoms with van der Waals surface area (Å²) in [6.07, 6.45) is 5.08. The van der Waals surface area contributed by atoms with Crippen molar-refractivity contribution in [1.29, 1.82) is 0 Å². The standard InChI is InChI=1S/C18H20N4O3/c1-18(2,3)16-10-13(20-21-16)17(23)22-19-8-4-5-12-6-7-14-15(9-12)25-11-24-14/h4-10H,11H2,1-3H3,(H,20,21)(H,22,23)/b5-4+,19-8-. The normalized spacial score (nSPS) is 13.7. The third-order valence-electron chi connectivity index (χ3n) is 3.63. The zero-order chi connectivity index (χ0) is 17.9. The quantitative estimate of drug-likeness (QED) is 0.662. The average Bonchev–Trinajstić information content (AvgIpc) is 3.22. The fourth-order valence-electron chi connectivity index (χ4n) is 2.19. The summed E-state index contributed by atoms with van der Waals surface area (Å²) in [5, 5.41) is 10.8. The van der Waals surface area contributed by atoms with Crippen LogP contribution in [-0.4, -0.2) is 29.1 Å². The van der Waals surface area contributed by atoms with Gasteiger partial charge in [-0.15, -0.1) is 0 Å². The van der Waals surface area contributed by atoms with Crippen LogP contribution in [0.5, 0.6) is 11.5 Å². The number of fused-ring (bicyclic) bond motifs is 1. The maximum absolute atomic E-state index is 12.0. The van der Waals surface area contributed by atoms with Crippen molar-refractivity contribution in [2.45, 2.75) is 26.2 Å². The molecule has 1 amide bonds. The molecule has 0 unspecified atom stereocenters. The Morgan fingerprint density at radius 3 is 2.84 bits per heavy atom. The smallest absolute Gasteiger partial charge is 0.291 e. The SMILES string of the molecule is CC(C)(C)c1cc(C(=O)N/N=C\C=C\c2ccc3c(c2)OCO3)n[nH]1. The molecule has 1 aliphatic heterocycles. The summed E-state index contributed by atoms with van der Waals surface area (Å²) in [6.45, 7) is 6.38. The minimum Gasteiger partial charge on any atom is -0.454 e. The minimum atomic E-state index is -0.362. The van der Waals surface area contributed by atoms with Crippen LogP contribution in [0.15, 0.2) is 35.4 Å². The van der Waals surface area contributed by atoms with E-state index < -0.39 is 0 Å². The van der Waals surface area contributed by atoms with Crippen LogP contribution in [0.3, 0.4) is 0 Å². The van der Waals surface area contributed by atoms with E-state index in [-0.39, 0.29) is 18.1 Å². The molecule has 1 aromatic heterocycles. The molecule has 0 aliphatic carbocycles. The van der Waals surface area contributed by atoms with E-state index in [9.17, 15) is 4.79 Å². The summed E-state index contributed by atoms with van der Waals surface area (Å²) in [5.41, 5.74) is 4.50. The van der Waals surface area contributed by atoms with E-state index in [0.717, 1.165) is 22.8 Å². The number of H-pyrrole nitrogens is 1. The monoisotopic (exact) mass is 340 g/mol. The number of nitrogens with zero attached hydrogens (tertiary/aromatic N) is 2. The van der Waals surface area contributed by atoms with Crippen molar-refractivity contribution in [3.8, 4) is 11.5 Å². The van der Waals surface area contributed by atoms with Gasteiger partial charge in [0, 0.05) is 17.3 Å². The first-order valence-electron chi connectivity index (χ1n) is 7.89. The number of aromatic amines is 1. The lowest BCUT2D eigenvalue weighted by molar-refractivity contribution is 0.0950. The number of benzene rings is 1. The molecule has 2 aromatic rings. The molecule has 130 valence electrons. The van der Waals surface area contributed by atoms with Crippen LogP contribution < -0.4 is 14.9 Å². The maximum atomic E-state index is 12.0. The van der Waals surface area contributed by atoms with Crippen LogP contribution in [0, 0.1) is 0 Å². The molecule has 0 fully saturated rings. The highest BCUT2D eigenvalue weighted by molar-refractivity contribution is 5.93. The molecular weight excluding hydrogens is 320 g/mol. The molecule has 7 nitrogen and oxygen atoms in total. The summed E-state index contributed by atoms with van der Waals surface area (Å²) in [4.78, 5) is 12.0. The summed E-state index contributed by atoms with van der Waals surface area (Å²) in [5.74, 6) is 1.10. The van der Waals surface area contributed by atoms with E-state index in [1.165, 1.54) is 6.21 Å². The summed E-state index contributed by atoms with van der Waals surface area (Å²) >= 11 is 0. The van der Waals surface area contributed by atoms with Crippen molar-refractivity contribution in [2.24, 2.45) is 5.10 Å². The number of carbonyl (C=O) groups excluding carboxylic acids is 1. The molecule has 1 aromatic carbocycles. The van der Waals surface area contributed by atoms with Crippen molar-refractivity contribution < 1.29 is 14.3 Å². The minimum absolute atomic E-state index is 0.0951. The van der Waals surface area contributed by atoms with E-state index in [4.69, 9.17) is 9.47 Å². The van der Waals surface area contributed by atoms with Gasteiger partial charge in [0.15, 0.2) is 17.2 Å². The molecule has 2 N–H and O–H groups in total. The number of hydrogen-bond donors (Lipinski definition) is 2. The summed E-state index contributed by atoms with van der Waals surface area (Å²) < 4.78 is 10.6. The van der Waals surface area contributed by atoms with E-state index in [1.807, 2.05) is 45.0 Å².